The van der Waals surface area contributed by atoms with Gasteiger partial charge in [-0.2, -0.15) is 0 Å². The zero-order valence-corrected chi connectivity index (χ0v) is 17.0. The predicted molar refractivity (Wildman–Crippen MR) is 110 cm³/mol. The van der Waals surface area contributed by atoms with Crippen LogP contribution in [-0.2, 0) is 16.0 Å². The first-order valence-corrected chi connectivity index (χ1v) is 9.96. The quantitative estimate of drug-likeness (QED) is 0.807. The van der Waals surface area contributed by atoms with Crippen LogP contribution in [0.2, 0.25) is 0 Å². The SMILES string of the molecule is CC1CNCCC1NC(=O)C1CCN(C(=O)CCc2ccccc2)CC1.Cl. The molecule has 2 amide bonds. The number of piperidine rings is 2. The Morgan fingerprint density at radius 2 is 1.85 bits per heavy atom. The highest BCUT2D eigenvalue weighted by atomic mass is 35.5. The van der Waals surface area contributed by atoms with Gasteiger partial charge in [0.2, 0.25) is 11.8 Å². The zero-order chi connectivity index (χ0) is 18.4. The number of halogens is 1. The van der Waals surface area contributed by atoms with E-state index in [0.29, 0.717) is 25.4 Å². The maximum atomic E-state index is 12.6. The Morgan fingerprint density at radius 3 is 2.52 bits per heavy atom. The van der Waals surface area contributed by atoms with Crippen LogP contribution in [0.1, 0.15) is 38.2 Å². The van der Waals surface area contributed by atoms with Crippen LogP contribution in [0, 0.1) is 11.8 Å². The Labute approximate surface area is 168 Å². The molecule has 0 spiro atoms. The third kappa shape index (κ3) is 6.22. The van der Waals surface area contributed by atoms with E-state index in [9.17, 15) is 9.59 Å². The van der Waals surface area contributed by atoms with Crippen LogP contribution in [-0.4, -0.2) is 48.9 Å². The fourth-order valence-corrected chi connectivity index (χ4v) is 3.97. The van der Waals surface area contributed by atoms with Crippen LogP contribution in [0.15, 0.2) is 30.3 Å². The zero-order valence-electron chi connectivity index (χ0n) is 16.2. The van der Waals surface area contributed by atoms with Gasteiger partial charge >= 0.3 is 0 Å². The van der Waals surface area contributed by atoms with E-state index in [1.54, 1.807) is 0 Å². The van der Waals surface area contributed by atoms with E-state index < -0.39 is 0 Å². The van der Waals surface area contributed by atoms with Gasteiger partial charge in [-0.1, -0.05) is 37.3 Å². The Bertz CT molecular complexity index is 603. The van der Waals surface area contributed by atoms with Crippen molar-refractivity contribution in [3.8, 4) is 0 Å². The molecule has 0 aliphatic carbocycles. The number of benzene rings is 1. The molecule has 2 aliphatic rings. The summed E-state index contributed by atoms with van der Waals surface area (Å²) in [5.74, 6) is 0.919. The third-order valence-electron chi connectivity index (χ3n) is 5.80. The number of hydrogen-bond donors (Lipinski definition) is 2. The molecule has 2 saturated heterocycles. The monoisotopic (exact) mass is 393 g/mol. The highest BCUT2D eigenvalue weighted by Gasteiger charge is 2.30. The maximum Gasteiger partial charge on any atom is 0.223 e. The summed E-state index contributed by atoms with van der Waals surface area (Å²) < 4.78 is 0. The Kier molecular flexibility index (Phi) is 8.58. The molecule has 0 saturated carbocycles. The van der Waals surface area contributed by atoms with E-state index >= 15 is 0 Å². The molecule has 2 N–H and O–H groups in total. The van der Waals surface area contributed by atoms with Crippen molar-refractivity contribution in [2.75, 3.05) is 26.2 Å². The normalized spacial score (nSPS) is 23.4. The van der Waals surface area contributed by atoms with Gasteiger partial charge in [0.25, 0.3) is 0 Å². The second kappa shape index (κ2) is 10.7. The highest BCUT2D eigenvalue weighted by Crippen LogP contribution is 2.20. The molecule has 0 radical (unpaired) electrons. The second-order valence-corrected chi connectivity index (χ2v) is 7.73. The number of hydrogen-bond acceptors (Lipinski definition) is 3. The first kappa shape index (κ1) is 21.7. The van der Waals surface area contributed by atoms with Crippen LogP contribution in [0.4, 0.5) is 0 Å². The summed E-state index contributed by atoms with van der Waals surface area (Å²) in [5, 5.41) is 6.61. The lowest BCUT2D eigenvalue weighted by Gasteiger charge is -2.34. The molecule has 3 rings (SSSR count). The standard InChI is InChI=1S/C21H31N3O2.ClH/c1-16-15-22-12-9-19(16)23-21(26)18-10-13-24(14-11-18)20(25)8-7-17-5-3-2-4-6-17;/h2-6,16,18-19,22H,7-15H2,1H3,(H,23,26);1H. The van der Waals surface area contributed by atoms with Crippen molar-refractivity contribution >= 4 is 24.2 Å². The minimum Gasteiger partial charge on any atom is -0.353 e. The van der Waals surface area contributed by atoms with Crippen molar-refractivity contribution in [3.63, 3.8) is 0 Å². The maximum absolute atomic E-state index is 12.6. The van der Waals surface area contributed by atoms with E-state index in [1.807, 2.05) is 23.1 Å². The molecule has 2 atom stereocenters. The van der Waals surface area contributed by atoms with Gasteiger partial charge in [0.15, 0.2) is 0 Å². The van der Waals surface area contributed by atoms with Gasteiger partial charge < -0.3 is 15.5 Å². The highest BCUT2D eigenvalue weighted by molar-refractivity contribution is 5.85. The molecule has 0 aromatic heterocycles. The molecule has 2 unspecified atom stereocenters. The van der Waals surface area contributed by atoms with E-state index in [1.165, 1.54) is 5.56 Å². The fourth-order valence-electron chi connectivity index (χ4n) is 3.97. The van der Waals surface area contributed by atoms with Gasteiger partial charge in [0.1, 0.15) is 0 Å². The predicted octanol–water partition coefficient (Wildman–Crippen LogP) is 2.39. The van der Waals surface area contributed by atoms with Gasteiger partial charge in [-0.05, 0) is 50.3 Å². The van der Waals surface area contributed by atoms with Gasteiger partial charge in [-0.3, -0.25) is 9.59 Å². The lowest BCUT2D eigenvalue weighted by Crippen LogP contribution is -2.51. The van der Waals surface area contributed by atoms with Crippen molar-refractivity contribution in [1.82, 2.24) is 15.5 Å². The summed E-state index contributed by atoms with van der Waals surface area (Å²) in [4.78, 5) is 26.9. The Balaban J connectivity index is 0.00000261. The average Bonchev–Trinajstić information content (AvgIpc) is 2.69. The number of rotatable bonds is 5. The smallest absolute Gasteiger partial charge is 0.223 e. The number of nitrogens with zero attached hydrogens (tertiary/aromatic N) is 1. The number of likely N-dealkylation sites (tertiary alicyclic amines) is 1. The van der Waals surface area contributed by atoms with Crippen LogP contribution in [0.5, 0.6) is 0 Å². The van der Waals surface area contributed by atoms with Crippen molar-refractivity contribution < 1.29 is 9.59 Å². The van der Waals surface area contributed by atoms with Crippen molar-refractivity contribution in [3.05, 3.63) is 35.9 Å². The van der Waals surface area contributed by atoms with Gasteiger partial charge in [-0.25, -0.2) is 0 Å². The molecule has 6 heteroatoms. The number of amides is 2. The topological polar surface area (TPSA) is 61.4 Å². The van der Waals surface area contributed by atoms with Gasteiger partial charge in [0.05, 0.1) is 0 Å². The number of carbonyl (C=O) groups is 2. The fraction of sp³-hybridized carbons (Fsp3) is 0.619. The molecule has 2 aliphatic heterocycles. The summed E-state index contributed by atoms with van der Waals surface area (Å²) in [6.45, 7) is 5.54. The van der Waals surface area contributed by atoms with Crippen LogP contribution in [0.3, 0.4) is 0 Å². The van der Waals surface area contributed by atoms with Crippen LogP contribution >= 0.6 is 12.4 Å². The second-order valence-electron chi connectivity index (χ2n) is 7.73. The van der Waals surface area contributed by atoms with Crippen LogP contribution in [0.25, 0.3) is 0 Å². The number of aryl methyl sites for hydroxylation is 1. The van der Waals surface area contributed by atoms with E-state index in [2.05, 4.69) is 29.7 Å². The number of carbonyl (C=O) groups excluding carboxylic acids is 2. The molecule has 5 nitrogen and oxygen atoms in total. The Hall–Kier alpha value is -1.59. The molecular formula is C21H32ClN3O2. The molecular weight excluding hydrogens is 362 g/mol. The third-order valence-corrected chi connectivity index (χ3v) is 5.80. The lowest BCUT2D eigenvalue weighted by molar-refractivity contribution is -0.136. The summed E-state index contributed by atoms with van der Waals surface area (Å²) in [5.41, 5.74) is 1.20. The minimum atomic E-state index is 0. The molecule has 2 heterocycles. The Morgan fingerprint density at radius 1 is 1.15 bits per heavy atom. The molecule has 0 bridgehead atoms. The summed E-state index contributed by atoms with van der Waals surface area (Å²) >= 11 is 0. The van der Waals surface area contributed by atoms with E-state index in [-0.39, 0.29) is 36.2 Å². The molecule has 1 aromatic carbocycles. The van der Waals surface area contributed by atoms with Crippen molar-refractivity contribution in [2.24, 2.45) is 11.8 Å². The van der Waals surface area contributed by atoms with E-state index in [0.717, 1.165) is 38.8 Å². The summed E-state index contributed by atoms with van der Waals surface area (Å²) in [6, 6.07) is 10.4. The molecule has 150 valence electrons. The average molecular weight is 394 g/mol. The number of nitrogens with one attached hydrogen (secondary N) is 2. The summed E-state index contributed by atoms with van der Waals surface area (Å²) in [7, 11) is 0. The van der Waals surface area contributed by atoms with Crippen LogP contribution < -0.4 is 10.6 Å². The first-order chi connectivity index (χ1) is 12.6. The van der Waals surface area contributed by atoms with Gasteiger partial charge in [0, 0.05) is 31.5 Å². The first-order valence-electron chi connectivity index (χ1n) is 9.96. The van der Waals surface area contributed by atoms with Crippen molar-refractivity contribution in [1.29, 1.82) is 0 Å². The molecule has 27 heavy (non-hydrogen) atoms. The van der Waals surface area contributed by atoms with Gasteiger partial charge in [-0.15, -0.1) is 12.4 Å². The minimum absolute atomic E-state index is 0. The molecule has 1 aromatic rings. The van der Waals surface area contributed by atoms with E-state index in [4.69, 9.17) is 0 Å². The lowest BCUT2D eigenvalue weighted by atomic mass is 9.92. The molecule has 2 fully saturated rings. The summed E-state index contributed by atoms with van der Waals surface area (Å²) in [6.07, 6.45) is 3.90. The largest absolute Gasteiger partial charge is 0.353 e. The van der Waals surface area contributed by atoms with Crippen molar-refractivity contribution in [2.45, 2.75) is 45.1 Å².